The Kier molecular flexibility index (Phi) is 2.87. The number of halogens is 1. The summed E-state index contributed by atoms with van der Waals surface area (Å²) in [5.74, 6) is 0.842. The zero-order valence-corrected chi connectivity index (χ0v) is 12.0. The van der Waals surface area contributed by atoms with Crippen LogP contribution in [0.3, 0.4) is 0 Å². The molecule has 1 nitrogen and oxygen atoms in total. The Hall–Kier alpha value is -2.38. The molecule has 0 bridgehead atoms. The summed E-state index contributed by atoms with van der Waals surface area (Å²) in [4.78, 5) is 0. The monoisotopic (exact) mass is 291 g/mol. The van der Waals surface area contributed by atoms with E-state index in [1.165, 1.54) is 10.8 Å². The maximum atomic E-state index is 6.05. The molecule has 100 valence electrons. The first-order chi connectivity index (χ1) is 10.3. The van der Waals surface area contributed by atoms with Crippen LogP contribution in [0.1, 0.15) is 0 Å². The molecule has 0 spiro atoms. The normalized spacial score (nSPS) is 11.1. The molecule has 0 saturated heterocycles. The quantitative estimate of drug-likeness (QED) is 0.301. The molecule has 0 radical (unpaired) electrons. The molecule has 0 aliphatic carbocycles. The van der Waals surface area contributed by atoms with E-state index >= 15 is 0 Å². The highest BCUT2D eigenvalue weighted by Gasteiger charge is 2.15. The van der Waals surface area contributed by atoms with Crippen molar-refractivity contribution in [2.24, 2.45) is 0 Å². The molecule has 0 aliphatic rings. The fourth-order valence-electron chi connectivity index (χ4n) is 2.62. The van der Waals surface area contributed by atoms with Gasteiger partial charge < -0.3 is 0 Å². The molecule has 1 aromatic heterocycles. The van der Waals surface area contributed by atoms with Crippen LogP contribution < -0.4 is 0 Å². The number of benzene rings is 3. The lowest BCUT2D eigenvalue weighted by molar-refractivity contribution is 0.620. The van der Waals surface area contributed by atoms with Crippen LogP contribution in [0.5, 0.6) is 0 Å². The fraction of sp³-hybridized carbons (Fsp3) is 0. The first kappa shape index (κ1) is 12.4. The minimum atomic E-state index is 0.727. The summed E-state index contributed by atoms with van der Waals surface area (Å²) in [5.41, 5.74) is 1.91. The van der Waals surface area contributed by atoms with Gasteiger partial charge in [0, 0.05) is 17.2 Å². The average molecular weight is 292 g/mol. The zero-order valence-electron chi connectivity index (χ0n) is 11.2. The van der Waals surface area contributed by atoms with E-state index in [2.05, 4.69) is 30.3 Å². The van der Waals surface area contributed by atoms with E-state index in [4.69, 9.17) is 16.0 Å². The van der Waals surface area contributed by atoms with Gasteiger partial charge in [-0.1, -0.05) is 35.9 Å². The van der Waals surface area contributed by atoms with Crippen LogP contribution in [0.4, 0.5) is 0 Å². The molecule has 1 heterocycles. The third-order valence-electron chi connectivity index (χ3n) is 3.68. The molecule has 0 unspecified atom stereocenters. The van der Waals surface area contributed by atoms with Crippen LogP contribution in [-0.4, -0.2) is 0 Å². The van der Waals surface area contributed by atoms with E-state index in [0.717, 1.165) is 27.3 Å². The summed E-state index contributed by atoms with van der Waals surface area (Å²) in [7, 11) is 0. The van der Waals surface area contributed by atoms with E-state index in [-0.39, 0.29) is 0 Å². The van der Waals surface area contributed by atoms with Crippen molar-refractivity contribution >= 4 is 33.3 Å². The largest absolute Gasteiger partial charge is 0.361 e. The fourth-order valence-corrected chi connectivity index (χ4v) is 2.74. The molecule has 4 rings (SSSR count). The standard InChI is InChI=1S/C19H12ClO/c20-15-8-5-14(6-9-15)18-12-10-17-16-4-2-1-3-13(16)7-11-19(17)21-18/h1-12H/q+1. The van der Waals surface area contributed by atoms with Crippen molar-refractivity contribution in [3.05, 3.63) is 77.8 Å². The highest BCUT2D eigenvalue weighted by molar-refractivity contribution is 6.30. The van der Waals surface area contributed by atoms with Gasteiger partial charge in [0.2, 0.25) is 0 Å². The Morgan fingerprint density at radius 2 is 1.48 bits per heavy atom. The number of rotatable bonds is 1. The Bertz CT molecular complexity index is 942. The molecule has 0 amide bonds. The second-order valence-corrected chi connectivity index (χ2v) is 5.44. The molecular formula is C19H12ClO+. The van der Waals surface area contributed by atoms with Crippen LogP contribution in [0.15, 0.2) is 77.2 Å². The number of hydrogen-bond donors (Lipinski definition) is 0. The van der Waals surface area contributed by atoms with E-state index in [1.54, 1.807) is 0 Å². The van der Waals surface area contributed by atoms with Gasteiger partial charge in [-0.15, -0.1) is 0 Å². The molecule has 21 heavy (non-hydrogen) atoms. The van der Waals surface area contributed by atoms with Gasteiger partial charge in [-0.3, -0.25) is 0 Å². The lowest BCUT2D eigenvalue weighted by atomic mass is 10.1. The molecule has 3 aromatic carbocycles. The third kappa shape index (κ3) is 2.16. The second kappa shape index (κ2) is 4.87. The summed E-state index contributed by atoms with van der Waals surface area (Å²) < 4.78 is 6.05. The first-order valence-electron chi connectivity index (χ1n) is 6.82. The van der Waals surface area contributed by atoms with Crippen molar-refractivity contribution in [1.82, 2.24) is 0 Å². The minimum Gasteiger partial charge on any atom is -0.207 e. The number of fused-ring (bicyclic) bond motifs is 3. The van der Waals surface area contributed by atoms with Crippen LogP contribution >= 0.6 is 11.6 Å². The van der Waals surface area contributed by atoms with Crippen molar-refractivity contribution < 1.29 is 4.42 Å². The molecule has 0 fully saturated rings. The summed E-state index contributed by atoms with van der Waals surface area (Å²) in [6.07, 6.45) is 0. The molecule has 0 N–H and O–H groups in total. The topological polar surface area (TPSA) is 11.3 Å². The highest BCUT2D eigenvalue weighted by Crippen LogP contribution is 2.30. The van der Waals surface area contributed by atoms with Gasteiger partial charge in [0.25, 0.3) is 0 Å². The van der Waals surface area contributed by atoms with Crippen LogP contribution in [0, 0.1) is 0 Å². The Balaban J connectivity index is 1.94. The molecular weight excluding hydrogens is 280 g/mol. The predicted octanol–water partition coefficient (Wildman–Crippen LogP) is 6.19. The lowest BCUT2D eigenvalue weighted by Crippen LogP contribution is -1.81. The average Bonchev–Trinajstić information content (AvgIpc) is 2.55. The Morgan fingerprint density at radius 1 is 0.667 bits per heavy atom. The Labute approximate surface area is 127 Å². The van der Waals surface area contributed by atoms with E-state index in [0.29, 0.717) is 0 Å². The van der Waals surface area contributed by atoms with Crippen molar-refractivity contribution in [1.29, 1.82) is 0 Å². The van der Waals surface area contributed by atoms with Gasteiger partial charge in [-0.05, 0) is 47.2 Å². The molecule has 0 aliphatic heterocycles. The Morgan fingerprint density at radius 3 is 2.33 bits per heavy atom. The smallest absolute Gasteiger partial charge is 0.207 e. The molecule has 2 heteroatoms. The molecule has 0 atom stereocenters. The van der Waals surface area contributed by atoms with Crippen molar-refractivity contribution in [2.45, 2.75) is 0 Å². The highest BCUT2D eigenvalue weighted by atomic mass is 35.5. The summed E-state index contributed by atoms with van der Waals surface area (Å²) in [6, 6.07) is 24.3. The molecule has 0 saturated carbocycles. The van der Waals surface area contributed by atoms with E-state index < -0.39 is 0 Å². The van der Waals surface area contributed by atoms with E-state index in [9.17, 15) is 0 Å². The van der Waals surface area contributed by atoms with Gasteiger partial charge in [-0.2, -0.15) is 0 Å². The van der Waals surface area contributed by atoms with Crippen molar-refractivity contribution in [3.63, 3.8) is 0 Å². The lowest BCUT2D eigenvalue weighted by Gasteiger charge is -1.98. The van der Waals surface area contributed by atoms with Crippen LogP contribution in [-0.2, 0) is 0 Å². The minimum absolute atomic E-state index is 0.727. The summed E-state index contributed by atoms with van der Waals surface area (Å²) in [5, 5.41) is 4.29. The van der Waals surface area contributed by atoms with Gasteiger partial charge >= 0.3 is 11.3 Å². The van der Waals surface area contributed by atoms with Gasteiger partial charge in [0.15, 0.2) is 0 Å². The maximum absolute atomic E-state index is 6.05. The van der Waals surface area contributed by atoms with Crippen LogP contribution in [0.25, 0.3) is 33.1 Å². The predicted molar refractivity (Wildman–Crippen MR) is 88.6 cm³/mol. The first-order valence-corrected chi connectivity index (χ1v) is 7.20. The zero-order chi connectivity index (χ0) is 14.2. The summed E-state index contributed by atoms with van der Waals surface area (Å²) in [6.45, 7) is 0. The van der Waals surface area contributed by atoms with Gasteiger partial charge in [-0.25, -0.2) is 4.42 Å². The summed E-state index contributed by atoms with van der Waals surface area (Å²) >= 11 is 5.93. The second-order valence-electron chi connectivity index (χ2n) is 5.01. The SMILES string of the molecule is Clc1ccc(-c2ccc3c(ccc4ccccc43)[o+]2)cc1. The maximum Gasteiger partial charge on any atom is 0.361 e. The van der Waals surface area contributed by atoms with Crippen LogP contribution in [0.2, 0.25) is 5.02 Å². The van der Waals surface area contributed by atoms with Crippen molar-refractivity contribution in [3.8, 4) is 11.3 Å². The van der Waals surface area contributed by atoms with Gasteiger partial charge in [0.05, 0.1) is 10.9 Å². The molecule has 4 aromatic rings. The van der Waals surface area contributed by atoms with E-state index in [1.807, 2.05) is 42.5 Å². The van der Waals surface area contributed by atoms with Gasteiger partial charge in [0.1, 0.15) is 0 Å². The van der Waals surface area contributed by atoms with Crippen molar-refractivity contribution in [2.75, 3.05) is 0 Å². The number of hydrogen-bond acceptors (Lipinski definition) is 0. The third-order valence-corrected chi connectivity index (χ3v) is 3.93.